The molecule has 44 heavy (non-hydrogen) atoms. The number of rotatable bonds is 8. The molecule has 0 bridgehead atoms. The fraction of sp³-hybridized carbons (Fsp3) is 0.0952. The number of benzene rings is 6. The highest BCUT2D eigenvalue weighted by Gasteiger charge is 2.34. The van der Waals surface area contributed by atoms with Gasteiger partial charge in [0.25, 0.3) is 0 Å². The zero-order valence-corrected chi connectivity index (χ0v) is 24.8. The topological polar surface area (TPSA) is 6.48 Å². The van der Waals surface area contributed by atoms with Crippen LogP contribution in [0.3, 0.4) is 0 Å². The summed E-state index contributed by atoms with van der Waals surface area (Å²) in [6.45, 7) is 0. The summed E-state index contributed by atoms with van der Waals surface area (Å²) in [4.78, 5) is 4.65. The first kappa shape index (κ1) is 27.5. The highest BCUT2D eigenvalue weighted by atomic mass is 15.1. The monoisotopic (exact) mass is 568 g/mol. The number of allylic oxidation sites excluding steroid dienone is 2. The lowest BCUT2D eigenvalue weighted by Gasteiger charge is -2.37. The second kappa shape index (κ2) is 12.5. The van der Waals surface area contributed by atoms with Crippen LogP contribution in [0.25, 0.3) is 0 Å². The molecule has 0 spiro atoms. The molecule has 2 nitrogen and oxygen atoms in total. The van der Waals surface area contributed by atoms with Crippen molar-refractivity contribution in [3.05, 3.63) is 193 Å². The molecule has 0 atom stereocenters. The van der Waals surface area contributed by atoms with Crippen LogP contribution in [-0.4, -0.2) is 0 Å². The van der Waals surface area contributed by atoms with Gasteiger partial charge in [0.2, 0.25) is 0 Å². The van der Waals surface area contributed by atoms with E-state index in [1.54, 1.807) is 0 Å². The van der Waals surface area contributed by atoms with E-state index in [0.29, 0.717) is 0 Å². The lowest BCUT2D eigenvalue weighted by molar-refractivity contribution is 0.465. The predicted octanol–water partition coefficient (Wildman–Crippen LogP) is 11.7. The zero-order chi connectivity index (χ0) is 29.6. The Morgan fingerprint density at radius 3 is 0.955 bits per heavy atom. The van der Waals surface area contributed by atoms with Crippen LogP contribution in [0.15, 0.2) is 182 Å². The molecule has 6 aromatic carbocycles. The van der Waals surface area contributed by atoms with Crippen molar-refractivity contribution in [1.29, 1.82) is 0 Å². The van der Waals surface area contributed by atoms with E-state index in [2.05, 4.69) is 192 Å². The van der Waals surface area contributed by atoms with Crippen molar-refractivity contribution in [1.82, 2.24) is 0 Å². The minimum atomic E-state index is -0.0690. The van der Waals surface area contributed by atoms with Gasteiger partial charge in [0, 0.05) is 39.5 Å². The van der Waals surface area contributed by atoms with E-state index in [-0.39, 0.29) is 5.41 Å². The minimum Gasteiger partial charge on any atom is -0.311 e. The standard InChI is InChI=1S/C42H36N2/c1-6-16-36(17-7-1)43(37-18-8-2-9-19-37)40-28-24-34(25-29-40)42(32-14-5-15-33-42)35-26-30-41(31-27-35)44(38-20-10-3-11-21-38)39-22-12-4-13-23-39/h1-14,16-31H,15,32-33H2. The second-order valence-corrected chi connectivity index (χ2v) is 11.4. The highest BCUT2D eigenvalue weighted by molar-refractivity contribution is 5.78. The summed E-state index contributed by atoms with van der Waals surface area (Å²) in [5.74, 6) is 0. The number of nitrogens with zero attached hydrogens (tertiary/aromatic N) is 2. The molecule has 0 saturated carbocycles. The van der Waals surface area contributed by atoms with Crippen molar-refractivity contribution < 1.29 is 0 Å². The number of hydrogen-bond acceptors (Lipinski definition) is 2. The molecule has 0 aromatic heterocycles. The van der Waals surface area contributed by atoms with Crippen LogP contribution in [0.2, 0.25) is 0 Å². The normalized spacial score (nSPS) is 13.7. The maximum atomic E-state index is 2.37. The SMILES string of the molecule is C1=CCC(c2ccc(N(c3ccccc3)c3ccccc3)cc2)(c2ccc(N(c3ccccc3)c3ccccc3)cc2)CC1. The van der Waals surface area contributed by atoms with Gasteiger partial charge < -0.3 is 9.80 Å². The molecule has 2 heteroatoms. The van der Waals surface area contributed by atoms with Gasteiger partial charge in [-0.25, -0.2) is 0 Å². The smallest absolute Gasteiger partial charge is 0.0461 e. The van der Waals surface area contributed by atoms with E-state index >= 15 is 0 Å². The molecular formula is C42H36N2. The lowest BCUT2D eigenvalue weighted by Crippen LogP contribution is -2.29. The molecule has 0 N–H and O–H groups in total. The second-order valence-electron chi connectivity index (χ2n) is 11.4. The Bertz CT molecular complexity index is 1590. The molecule has 7 rings (SSSR count). The van der Waals surface area contributed by atoms with Crippen LogP contribution in [0.4, 0.5) is 34.1 Å². The van der Waals surface area contributed by atoms with Gasteiger partial charge >= 0.3 is 0 Å². The molecule has 0 fully saturated rings. The molecular weight excluding hydrogens is 532 g/mol. The average molecular weight is 569 g/mol. The van der Waals surface area contributed by atoms with Crippen LogP contribution in [0.5, 0.6) is 0 Å². The predicted molar refractivity (Wildman–Crippen MR) is 186 cm³/mol. The largest absolute Gasteiger partial charge is 0.311 e. The Morgan fingerprint density at radius 1 is 0.341 bits per heavy atom. The van der Waals surface area contributed by atoms with Crippen LogP contribution < -0.4 is 9.80 Å². The first-order valence-electron chi connectivity index (χ1n) is 15.5. The Labute approximate surface area is 261 Å². The molecule has 0 radical (unpaired) electrons. The van der Waals surface area contributed by atoms with Crippen molar-refractivity contribution in [2.75, 3.05) is 9.80 Å². The summed E-state index contributed by atoms with van der Waals surface area (Å²) < 4.78 is 0. The van der Waals surface area contributed by atoms with Gasteiger partial charge in [-0.1, -0.05) is 109 Å². The fourth-order valence-electron chi connectivity index (χ4n) is 6.59. The van der Waals surface area contributed by atoms with Crippen LogP contribution in [0, 0.1) is 0 Å². The van der Waals surface area contributed by atoms with E-state index in [9.17, 15) is 0 Å². The van der Waals surface area contributed by atoms with E-state index in [1.165, 1.54) is 11.1 Å². The third-order valence-corrected chi connectivity index (χ3v) is 8.78. The first-order valence-corrected chi connectivity index (χ1v) is 15.5. The van der Waals surface area contributed by atoms with Gasteiger partial charge in [-0.3, -0.25) is 0 Å². The highest BCUT2D eigenvalue weighted by Crippen LogP contribution is 2.45. The average Bonchev–Trinajstić information content (AvgIpc) is 3.11. The van der Waals surface area contributed by atoms with E-state index in [4.69, 9.17) is 0 Å². The van der Waals surface area contributed by atoms with Gasteiger partial charge in [0.1, 0.15) is 0 Å². The molecule has 0 unspecified atom stereocenters. The summed E-state index contributed by atoms with van der Waals surface area (Å²) in [7, 11) is 0. The van der Waals surface area contributed by atoms with E-state index < -0.39 is 0 Å². The third kappa shape index (κ3) is 5.43. The van der Waals surface area contributed by atoms with Gasteiger partial charge in [-0.2, -0.15) is 0 Å². The maximum Gasteiger partial charge on any atom is 0.0461 e. The summed E-state index contributed by atoms with van der Waals surface area (Å²) in [6, 6.07) is 61.0. The van der Waals surface area contributed by atoms with Crippen LogP contribution in [-0.2, 0) is 5.41 Å². The number of para-hydroxylation sites is 4. The first-order chi connectivity index (χ1) is 21.8. The fourth-order valence-corrected chi connectivity index (χ4v) is 6.59. The summed E-state index contributed by atoms with van der Waals surface area (Å²) in [5.41, 5.74) is 9.58. The quantitative estimate of drug-likeness (QED) is 0.169. The van der Waals surface area contributed by atoms with Crippen LogP contribution in [0.1, 0.15) is 30.4 Å². The van der Waals surface area contributed by atoms with Gasteiger partial charge in [-0.05, 0) is 103 Å². The van der Waals surface area contributed by atoms with Crippen molar-refractivity contribution >= 4 is 34.1 Å². The van der Waals surface area contributed by atoms with E-state index in [1.807, 2.05) is 0 Å². The van der Waals surface area contributed by atoms with Crippen molar-refractivity contribution in [3.8, 4) is 0 Å². The molecule has 1 aliphatic rings. The summed E-state index contributed by atoms with van der Waals surface area (Å²) >= 11 is 0. The molecule has 214 valence electrons. The lowest BCUT2D eigenvalue weighted by atomic mass is 9.67. The van der Waals surface area contributed by atoms with Crippen molar-refractivity contribution in [2.45, 2.75) is 24.7 Å². The number of hydrogen-bond donors (Lipinski definition) is 0. The Kier molecular flexibility index (Phi) is 7.80. The van der Waals surface area contributed by atoms with Gasteiger partial charge in [0.05, 0.1) is 0 Å². The van der Waals surface area contributed by atoms with Crippen molar-refractivity contribution in [2.24, 2.45) is 0 Å². The summed E-state index contributed by atoms with van der Waals surface area (Å²) in [5, 5.41) is 0. The molecule has 0 saturated heterocycles. The molecule has 0 heterocycles. The Morgan fingerprint density at radius 2 is 0.659 bits per heavy atom. The van der Waals surface area contributed by atoms with Crippen molar-refractivity contribution in [3.63, 3.8) is 0 Å². The minimum absolute atomic E-state index is 0.0690. The Hall–Kier alpha value is -5.34. The van der Waals surface area contributed by atoms with E-state index in [0.717, 1.165) is 53.4 Å². The third-order valence-electron chi connectivity index (χ3n) is 8.78. The molecule has 0 amide bonds. The molecule has 1 aliphatic carbocycles. The zero-order valence-electron chi connectivity index (χ0n) is 24.8. The summed E-state index contributed by atoms with van der Waals surface area (Å²) in [6.07, 6.45) is 7.86. The molecule has 0 aliphatic heterocycles. The Balaban J connectivity index is 1.25. The van der Waals surface area contributed by atoms with Crippen LogP contribution >= 0.6 is 0 Å². The molecule has 6 aromatic rings. The van der Waals surface area contributed by atoms with Gasteiger partial charge in [-0.15, -0.1) is 0 Å². The number of anilines is 6. The van der Waals surface area contributed by atoms with Gasteiger partial charge in [0.15, 0.2) is 0 Å². The maximum absolute atomic E-state index is 2.37.